The lowest BCUT2D eigenvalue weighted by molar-refractivity contribution is -0.140. The third kappa shape index (κ3) is 6.98. The highest BCUT2D eigenvalue weighted by atomic mass is 28.4. The van der Waals surface area contributed by atoms with Crippen LogP contribution < -0.4 is 14.4 Å². The molecular formula is C46H56N4O7Si. The lowest BCUT2D eigenvalue weighted by Crippen LogP contribution is -2.68. The Hall–Kier alpha value is -5.04. The number of aliphatic hydroxyl groups excluding tert-OH is 1. The zero-order valence-electron chi connectivity index (χ0n) is 35.4. The lowest BCUT2D eigenvalue weighted by Gasteiger charge is -2.55. The van der Waals surface area contributed by atoms with Gasteiger partial charge in [0.1, 0.15) is 36.0 Å². The fourth-order valence-corrected chi connectivity index (χ4v) is 9.93. The maximum atomic E-state index is 16.0. The van der Waals surface area contributed by atoms with Gasteiger partial charge in [-0.15, -0.1) is 0 Å². The zero-order chi connectivity index (χ0) is 41.7. The van der Waals surface area contributed by atoms with Gasteiger partial charge in [0, 0.05) is 31.1 Å². The monoisotopic (exact) mass is 804 g/mol. The first-order chi connectivity index (χ1) is 27.5. The Kier molecular flexibility index (Phi) is 11.1. The van der Waals surface area contributed by atoms with Crippen molar-refractivity contribution in [3.05, 3.63) is 112 Å². The smallest absolute Gasteiger partial charge is 0.265 e. The summed E-state index contributed by atoms with van der Waals surface area (Å²) in [5.74, 6) is -1.03. The summed E-state index contributed by atoms with van der Waals surface area (Å²) in [5.41, 5.74) is 1.82. The van der Waals surface area contributed by atoms with Gasteiger partial charge in [0.2, 0.25) is 11.6 Å². The fraction of sp³-hybridized carbons (Fsp3) is 0.435. The molecular weight excluding hydrogens is 749 g/mol. The Bertz CT molecular complexity index is 2260. The first-order valence-corrected chi connectivity index (χ1v) is 23.1. The fourth-order valence-electron chi connectivity index (χ4n) is 8.48. The number of ketones is 2. The zero-order valence-corrected chi connectivity index (χ0v) is 36.4. The minimum absolute atomic E-state index is 0.0140. The van der Waals surface area contributed by atoms with Crippen LogP contribution in [0.5, 0.6) is 11.6 Å². The molecule has 0 amide bonds. The van der Waals surface area contributed by atoms with Gasteiger partial charge in [0.15, 0.2) is 25.4 Å². The molecule has 12 heteroatoms. The van der Waals surface area contributed by atoms with Crippen LogP contribution in [0.2, 0.25) is 18.1 Å². The number of carbonyl (C=O) groups excluding carboxylic acids is 2. The number of aromatic nitrogens is 2. The van der Waals surface area contributed by atoms with Crippen LogP contribution in [0.15, 0.2) is 76.8 Å². The van der Waals surface area contributed by atoms with E-state index >= 15 is 9.59 Å². The standard InChI is InChI=1S/C46H56N4O7Si/c1-11-12-23-33-39(54-26-28-19-15-13-16-20-28)35-31(43(47-33)50(7)8)24-30-25-32-37(49(5)6)40-36(44(48-56-40)55-27-29-21-17-14-18-22-29)42(53)46(32,41(52)34(30)38(35)51)57-58(9,10)45(2,3)4/h12-23,30,32,37,51H,11,24-27H2,1-10H3/t30-,32-,37-,46-/m0/s1. The molecule has 0 unspecified atom stereocenters. The van der Waals surface area contributed by atoms with E-state index in [4.69, 9.17) is 23.4 Å². The first-order valence-electron chi connectivity index (χ1n) is 20.1. The van der Waals surface area contributed by atoms with E-state index in [1.165, 1.54) is 0 Å². The van der Waals surface area contributed by atoms with Crippen LogP contribution >= 0.6 is 0 Å². The predicted octanol–water partition coefficient (Wildman–Crippen LogP) is 9.01. The molecule has 11 nitrogen and oxygen atoms in total. The molecule has 2 aromatic carbocycles. The quantitative estimate of drug-likeness (QED) is 0.109. The van der Waals surface area contributed by atoms with E-state index in [2.05, 4.69) is 25.9 Å². The van der Waals surface area contributed by atoms with E-state index in [9.17, 15) is 5.11 Å². The highest BCUT2D eigenvalue weighted by molar-refractivity contribution is 6.74. The summed E-state index contributed by atoms with van der Waals surface area (Å²) in [6, 6.07) is 18.8. The minimum Gasteiger partial charge on any atom is -0.507 e. The number of pyridine rings is 1. The van der Waals surface area contributed by atoms with E-state index in [1.54, 1.807) is 0 Å². The summed E-state index contributed by atoms with van der Waals surface area (Å²) in [6.07, 6.45) is 5.38. The first kappa shape index (κ1) is 41.1. The number of benzene rings is 2. The second-order valence-electron chi connectivity index (χ2n) is 17.7. The Morgan fingerprint density at radius 3 is 2.12 bits per heavy atom. The maximum absolute atomic E-state index is 16.0. The molecule has 4 aromatic rings. The topological polar surface area (TPSA) is 127 Å². The van der Waals surface area contributed by atoms with Crippen LogP contribution in [-0.4, -0.2) is 73.8 Å². The Morgan fingerprint density at radius 1 is 0.931 bits per heavy atom. The van der Waals surface area contributed by atoms with Gasteiger partial charge in [-0.05, 0) is 79.8 Å². The molecule has 2 heterocycles. The lowest BCUT2D eigenvalue weighted by atomic mass is 9.57. The van der Waals surface area contributed by atoms with Crippen LogP contribution in [-0.2, 0) is 28.9 Å². The second-order valence-corrected chi connectivity index (χ2v) is 22.4. The van der Waals surface area contributed by atoms with Gasteiger partial charge in [0.05, 0.1) is 11.6 Å². The van der Waals surface area contributed by atoms with Crippen molar-refractivity contribution in [2.24, 2.45) is 11.8 Å². The number of fused-ring (bicyclic) bond motifs is 4. The molecule has 1 saturated carbocycles. The number of Topliss-reactive ketones (excluding diaryl/α,β-unsaturated/α-hetero) is 2. The summed E-state index contributed by atoms with van der Waals surface area (Å²) in [7, 11) is 4.75. The van der Waals surface area contributed by atoms with Crippen molar-refractivity contribution in [3.63, 3.8) is 0 Å². The van der Waals surface area contributed by atoms with Gasteiger partial charge >= 0.3 is 0 Å². The van der Waals surface area contributed by atoms with E-state index < -0.39 is 43.4 Å². The normalized spacial score (nSPS) is 21.8. The number of anilines is 1. The van der Waals surface area contributed by atoms with Gasteiger partial charge in [0.25, 0.3) is 5.88 Å². The highest BCUT2D eigenvalue weighted by Crippen LogP contribution is 2.59. The summed E-state index contributed by atoms with van der Waals surface area (Å²) in [6.45, 7) is 12.7. The molecule has 1 N–H and O–H groups in total. The Morgan fingerprint density at radius 2 is 1.55 bits per heavy atom. The molecule has 0 spiro atoms. The number of ether oxygens (including phenoxy) is 2. The van der Waals surface area contributed by atoms with Crippen LogP contribution in [0.4, 0.5) is 5.82 Å². The molecule has 3 aliphatic carbocycles. The van der Waals surface area contributed by atoms with Crippen molar-refractivity contribution in [3.8, 4) is 11.6 Å². The summed E-state index contributed by atoms with van der Waals surface area (Å²) in [4.78, 5) is 40.6. The van der Waals surface area contributed by atoms with Gasteiger partial charge in [-0.25, -0.2) is 4.98 Å². The average molecular weight is 805 g/mol. The van der Waals surface area contributed by atoms with Crippen molar-refractivity contribution >= 4 is 37.5 Å². The number of carbonyl (C=O) groups is 2. The van der Waals surface area contributed by atoms with Crippen LogP contribution in [0, 0.1) is 11.8 Å². The minimum atomic E-state index is -2.91. The van der Waals surface area contributed by atoms with E-state index in [0.29, 0.717) is 41.4 Å². The largest absolute Gasteiger partial charge is 0.507 e. The molecule has 7 rings (SSSR count). The van der Waals surface area contributed by atoms with Crippen LogP contribution in [0.1, 0.15) is 90.6 Å². The number of allylic oxidation sites excluding steroid dienone is 1. The van der Waals surface area contributed by atoms with Crippen LogP contribution in [0.25, 0.3) is 11.8 Å². The summed E-state index contributed by atoms with van der Waals surface area (Å²) >= 11 is 0. The Balaban J connectivity index is 1.45. The molecule has 3 aliphatic rings. The summed E-state index contributed by atoms with van der Waals surface area (Å²) in [5, 5.41) is 16.7. The van der Waals surface area contributed by atoms with Gasteiger partial charge in [-0.2, -0.15) is 0 Å². The molecule has 4 atom stereocenters. The SMILES string of the molecule is CCC=Cc1nc(N(C)C)c2c(c1OCc1ccccc1)C(O)=C1C(=O)[C@]3(O[Si](C)(C)C(C)(C)C)C(=O)c4c(OCc5ccccc5)noc4[C@@H](N(C)C)[C@@H]3C[C@@H]1C2. The molecule has 58 heavy (non-hydrogen) atoms. The molecule has 0 saturated heterocycles. The summed E-state index contributed by atoms with van der Waals surface area (Å²) < 4.78 is 26.2. The van der Waals surface area contributed by atoms with E-state index in [1.807, 2.05) is 131 Å². The third-order valence-corrected chi connectivity index (χ3v) is 16.8. The molecule has 0 radical (unpaired) electrons. The van der Waals surface area contributed by atoms with Gasteiger partial charge in [-0.1, -0.05) is 94.4 Å². The number of rotatable bonds is 12. The maximum Gasteiger partial charge on any atom is 0.265 e. The predicted molar refractivity (Wildman–Crippen MR) is 228 cm³/mol. The average Bonchev–Trinajstić information content (AvgIpc) is 3.60. The molecule has 2 aromatic heterocycles. The Labute approximate surface area is 342 Å². The third-order valence-electron chi connectivity index (χ3n) is 12.3. The number of hydrogen-bond acceptors (Lipinski definition) is 11. The number of nitrogens with zero attached hydrogens (tertiary/aromatic N) is 4. The van der Waals surface area contributed by atoms with Crippen molar-refractivity contribution in [2.75, 3.05) is 33.1 Å². The van der Waals surface area contributed by atoms with Crippen molar-refractivity contribution in [1.82, 2.24) is 15.0 Å². The molecule has 0 aliphatic heterocycles. The number of aliphatic hydroxyl groups is 1. The van der Waals surface area contributed by atoms with Gasteiger partial charge in [-0.3, -0.25) is 14.5 Å². The highest BCUT2D eigenvalue weighted by Gasteiger charge is 2.69. The molecule has 0 bridgehead atoms. The van der Waals surface area contributed by atoms with Crippen molar-refractivity contribution in [1.29, 1.82) is 0 Å². The van der Waals surface area contributed by atoms with E-state index in [-0.39, 0.29) is 41.0 Å². The van der Waals surface area contributed by atoms with Crippen LogP contribution in [0.3, 0.4) is 0 Å². The van der Waals surface area contributed by atoms with Gasteiger partial charge < -0.3 is 28.4 Å². The van der Waals surface area contributed by atoms with E-state index in [0.717, 1.165) is 23.1 Å². The number of hydrogen-bond donors (Lipinski definition) is 1. The molecule has 1 fully saturated rings. The van der Waals surface area contributed by atoms with Crippen molar-refractivity contribution in [2.45, 2.75) is 89.9 Å². The second kappa shape index (κ2) is 15.6. The van der Waals surface area contributed by atoms with Crippen molar-refractivity contribution < 1.29 is 33.1 Å². The molecule has 306 valence electrons.